The molecule has 0 saturated heterocycles. The topological polar surface area (TPSA) is 56.5 Å². The largest absolute Gasteiger partial charge is 0.387 e. The van der Waals surface area contributed by atoms with Gasteiger partial charge in [0.1, 0.15) is 0 Å². The molecule has 2 unspecified atom stereocenters. The summed E-state index contributed by atoms with van der Waals surface area (Å²) in [6.07, 6.45) is 0.484. The van der Waals surface area contributed by atoms with E-state index in [0.29, 0.717) is 24.8 Å². The standard InChI is InChI=1S/C16H24N2O2/c1-4-13(2)18(9-10-20-3)12-16(19)15-7-5-14(11-17)6-8-15/h5-8,13,16,19H,4,9-10,12H2,1-3H3. The van der Waals surface area contributed by atoms with Crippen molar-refractivity contribution in [1.82, 2.24) is 4.90 Å². The number of hydrogen-bond acceptors (Lipinski definition) is 4. The third-order valence-corrected chi connectivity index (χ3v) is 3.63. The molecule has 0 aliphatic rings. The van der Waals surface area contributed by atoms with Gasteiger partial charge in [-0.25, -0.2) is 0 Å². The van der Waals surface area contributed by atoms with Gasteiger partial charge in [0.2, 0.25) is 0 Å². The number of nitriles is 1. The Hall–Kier alpha value is -1.41. The zero-order chi connectivity index (χ0) is 15.0. The Kier molecular flexibility index (Phi) is 7.24. The molecule has 1 aromatic carbocycles. The Morgan fingerprint density at radius 3 is 2.50 bits per heavy atom. The first-order chi connectivity index (χ1) is 9.62. The number of methoxy groups -OCH3 is 1. The van der Waals surface area contributed by atoms with Gasteiger partial charge in [0, 0.05) is 26.2 Å². The summed E-state index contributed by atoms with van der Waals surface area (Å²) in [7, 11) is 1.69. The Labute approximate surface area is 121 Å². The van der Waals surface area contributed by atoms with Crippen LogP contribution < -0.4 is 0 Å². The molecule has 4 nitrogen and oxygen atoms in total. The first-order valence-electron chi connectivity index (χ1n) is 7.03. The maximum absolute atomic E-state index is 10.3. The van der Waals surface area contributed by atoms with Crippen LogP contribution in [0.3, 0.4) is 0 Å². The molecular formula is C16H24N2O2. The van der Waals surface area contributed by atoms with Crippen molar-refractivity contribution in [1.29, 1.82) is 5.26 Å². The summed E-state index contributed by atoms with van der Waals surface area (Å²) in [5, 5.41) is 19.1. The van der Waals surface area contributed by atoms with Crippen molar-refractivity contribution in [3.05, 3.63) is 35.4 Å². The van der Waals surface area contributed by atoms with Crippen LogP contribution in [-0.4, -0.2) is 42.9 Å². The van der Waals surface area contributed by atoms with Crippen LogP contribution >= 0.6 is 0 Å². The summed E-state index contributed by atoms with van der Waals surface area (Å²) in [5.41, 5.74) is 1.45. The lowest BCUT2D eigenvalue weighted by Gasteiger charge is -2.30. The molecule has 1 N–H and O–H groups in total. The third kappa shape index (κ3) is 4.93. The quantitative estimate of drug-likeness (QED) is 0.792. The first-order valence-corrected chi connectivity index (χ1v) is 7.03. The van der Waals surface area contributed by atoms with E-state index in [1.165, 1.54) is 0 Å². The van der Waals surface area contributed by atoms with Crippen molar-refractivity contribution in [3.63, 3.8) is 0 Å². The predicted molar refractivity (Wildman–Crippen MR) is 79.3 cm³/mol. The molecule has 1 rings (SSSR count). The van der Waals surface area contributed by atoms with Gasteiger partial charge in [0.15, 0.2) is 0 Å². The number of hydrogen-bond donors (Lipinski definition) is 1. The Balaban J connectivity index is 2.68. The van der Waals surface area contributed by atoms with Gasteiger partial charge >= 0.3 is 0 Å². The second kappa shape index (κ2) is 8.70. The number of rotatable bonds is 8. The van der Waals surface area contributed by atoms with Crippen LogP contribution in [0.4, 0.5) is 0 Å². The summed E-state index contributed by atoms with van der Waals surface area (Å²) >= 11 is 0. The average molecular weight is 276 g/mol. The molecule has 0 heterocycles. The van der Waals surface area contributed by atoms with Gasteiger partial charge < -0.3 is 9.84 Å². The van der Waals surface area contributed by atoms with Crippen LogP contribution in [0.15, 0.2) is 24.3 Å². The van der Waals surface area contributed by atoms with E-state index in [9.17, 15) is 5.11 Å². The molecule has 0 aliphatic heterocycles. The molecule has 0 amide bonds. The van der Waals surface area contributed by atoms with Crippen LogP contribution in [0.1, 0.15) is 37.5 Å². The highest BCUT2D eigenvalue weighted by molar-refractivity contribution is 5.32. The molecule has 0 aromatic heterocycles. The van der Waals surface area contributed by atoms with E-state index in [0.717, 1.165) is 18.5 Å². The minimum atomic E-state index is -0.548. The minimum Gasteiger partial charge on any atom is -0.387 e. The normalized spacial score (nSPS) is 14.0. The van der Waals surface area contributed by atoms with Gasteiger partial charge in [-0.05, 0) is 31.0 Å². The van der Waals surface area contributed by atoms with Crippen LogP contribution in [0.2, 0.25) is 0 Å². The Morgan fingerprint density at radius 2 is 2.00 bits per heavy atom. The second-order valence-electron chi connectivity index (χ2n) is 4.99. The molecule has 20 heavy (non-hydrogen) atoms. The van der Waals surface area contributed by atoms with Crippen LogP contribution in [0, 0.1) is 11.3 Å². The number of ether oxygens (including phenoxy) is 1. The summed E-state index contributed by atoms with van der Waals surface area (Å²) in [6.45, 7) is 6.33. The lowest BCUT2D eigenvalue weighted by Crippen LogP contribution is -2.38. The number of benzene rings is 1. The van der Waals surface area contributed by atoms with Crippen molar-refractivity contribution in [2.24, 2.45) is 0 Å². The molecule has 0 aliphatic carbocycles. The van der Waals surface area contributed by atoms with E-state index < -0.39 is 6.10 Å². The van der Waals surface area contributed by atoms with Crippen molar-refractivity contribution in [2.75, 3.05) is 26.8 Å². The zero-order valence-electron chi connectivity index (χ0n) is 12.5. The monoisotopic (exact) mass is 276 g/mol. The van der Waals surface area contributed by atoms with Crippen LogP contribution in [0.5, 0.6) is 0 Å². The van der Waals surface area contributed by atoms with Crippen molar-refractivity contribution in [3.8, 4) is 6.07 Å². The van der Waals surface area contributed by atoms with E-state index in [-0.39, 0.29) is 0 Å². The van der Waals surface area contributed by atoms with Crippen molar-refractivity contribution in [2.45, 2.75) is 32.4 Å². The van der Waals surface area contributed by atoms with Crippen LogP contribution in [0.25, 0.3) is 0 Å². The van der Waals surface area contributed by atoms with Gasteiger partial charge in [-0.3, -0.25) is 4.90 Å². The fourth-order valence-electron chi connectivity index (χ4n) is 2.07. The second-order valence-corrected chi connectivity index (χ2v) is 4.99. The maximum Gasteiger partial charge on any atom is 0.0991 e. The Bertz CT molecular complexity index is 425. The molecule has 1 aromatic rings. The fraction of sp³-hybridized carbons (Fsp3) is 0.562. The molecule has 0 fully saturated rings. The molecule has 0 radical (unpaired) electrons. The molecule has 0 saturated carbocycles. The maximum atomic E-state index is 10.3. The number of aliphatic hydroxyl groups excluding tert-OH is 1. The van der Waals surface area contributed by atoms with Gasteiger partial charge in [-0.15, -0.1) is 0 Å². The molecule has 4 heteroatoms. The number of nitrogens with zero attached hydrogens (tertiary/aromatic N) is 2. The molecule has 2 atom stereocenters. The first kappa shape index (κ1) is 16.6. The van der Waals surface area contributed by atoms with E-state index in [1.807, 2.05) is 12.1 Å². The lowest BCUT2D eigenvalue weighted by atomic mass is 10.1. The van der Waals surface area contributed by atoms with E-state index in [4.69, 9.17) is 10.00 Å². The highest BCUT2D eigenvalue weighted by Gasteiger charge is 2.17. The van der Waals surface area contributed by atoms with E-state index >= 15 is 0 Å². The highest BCUT2D eigenvalue weighted by Crippen LogP contribution is 2.17. The summed E-state index contributed by atoms with van der Waals surface area (Å²) in [6, 6.07) is 9.58. The third-order valence-electron chi connectivity index (χ3n) is 3.63. The van der Waals surface area contributed by atoms with E-state index in [2.05, 4.69) is 24.8 Å². The molecule has 0 bridgehead atoms. The number of aliphatic hydroxyl groups is 1. The van der Waals surface area contributed by atoms with Gasteiger partial charge in [0.25, 0.3) is 0 Å². The van der Waals surface area contributed by atoms with Gasteiger partial charge in [-0.2, -0.15) is 5.26 Å². The Morgan fingerprint density at radius 1 is 1.35 bits per heavy atom. The highest BCUT2D eigenvalue weighted by atomic mass is 16.5. The molecular weight excluding hydrogens is 252 g/mol. The summed E-state index contributed by atoms with van der Waals surface area (Å²) < 4.78 is 5.13. The van der Waals surface area contributed by atoms with Crippen molar-refractivity contribution >= 4 is 0 Å². The predicted octanol–water partition coefficient (Wildman–Crippen LogP) is 2.34. The smallest absolute Gasteiger partial charge is 0.0991 e. The van der Waals surface area contributed by atoms with Crippen molar-refractivity contribution < 1.29 is 9.84 Å². The fourth-order valence-corrected chi connectivity index (χ4v) is 2.07. The van der Waals surface area contributed by atoms with Gasteiger partial charge in [-0.1, -0.05) is 19.1 Å². The SMILES string of the molecule is CCC(C)N(CCOC)CC(O)c1ccc(C#N)cc1. The van der Waals surface area contributed by atoms with E-state index in [1.54, 1.807) is 19.2 Å². The molecule has 110 valence electrons. The minimum absolute atomic E-state index is 0.401. The van der Waals surface area contributed by atoms with Crippen LogP contribution in [-0.2, 0) is 4.74 Å². The summed E-state index contributed by atoms with van der Waals surface area (Å²) in [5.74, 6) is 0. The van der Waals surface area contributed by atoms with Gasteiger partial charge in [0.05, 0.1) is 24.3 Å². The average Bonchev–Trinajstić information content (AvgIpc) is 2.50. The zero-order valence-corrected chi connectivity index (χ0v) is 12.5. The molecule has 0 spiro atoms. The lowest BCUT2D eigenvalue weighted by molar-refractivity contribution is 0.0668. The summed E-state index contributed by atoms with van der Waals surface area (Å²) in [4.78, 5) is 2.23.